The summed E-state index contributed by atoms with van der Waals surface area (Å²) in [6, 6.07) is 9.47. The summed E-state index contributed by atoms with van der Waals surface area (Å²) in [5.41, 5.74) is 2.96. The van der Waals surface area contributed by atoms with Crippen molar-refractivity contribution in [2.45, 2.75) is 6.92 Å². The van der Waals surface area contributed by atoms with Crippen LogP contribution in [0.5, 0.6) is 5.75 Å². The van der Waals surface area contributed by atoms with E-state index in [1.54, 1.807) is 23.5 Å². The molecule has 0 bridgehead atoms. The van der Waals surface area contributed by atoms with Crippen molar-refractivity contribution in [3.05, 3.63) is 45.9 Å². The molecule has 5 heteroatoms. The second-order valence-corrected chi connectivity index (χ2v) is 6.12. The number of fused-ring (bicyclic) bond motifs is 1. The molecule has 0 aliphatic heterocycles. The fourth-order valence-electron chi connectivity index (χ4n) is 1.84. The molecule has 3 aromatic rings. The van der Waals surface area contributed by atoms with Gasteiger partial charge >= 0.3 is 0 Å². The number of nitrogens with zero attached hydrogens (tertiary/aromatic N) is 1. The minimum atomic E-state index is -0.0935. The molecule has 0 unspecified atom stereocenters. The Bertz CT molecular complexity index is 759. The molecule has 96 valence electrons. The summed E-state index contributed by atoms with van der Waals surface area (Å²) in [6.45, 7) is 2.05. The first-order valence-corrected chi connectivity index (χ1v) is 7.17. The Balaban J connectivity index is 2.19. The topological polar surface area (TPSA) is 33.1 Å². The molecule has 2 nitrogen and oxygen atoms in total. The van der Waals surface area contributed by atoms with Crippen LogP contribution in [0.1, 0.15) is 5.56 Å². The maximum atomic E-state index is 9.57. The van der Waals surface area contributed by atoms with Crippen molar-refractivity contribution in [2.24, 2.45) is 0 Å². The van der Waals surface area contributed by atoms with Crippen molar-refractivity contribution >= 4 is 44.8 Å². The van der Waals surface area contributed by atoms with Gasteiger partial charge in [-0.05, 0) is 36.8 Å². The highest BCUT2D eigenvalue weighted by Crippen LogP contribution is 2.38. The lowest BCUT2D eigenvalue weighted by Gasteiger charge is -2.02. The fraction of sp³-hybridized carbons (Fsp3) is 0.0714. The van der Waals surface area contributed by atoms with Gasteiger partial charge in [0.1, 0.15) is 5.01 Å². The molecule has 0 saturated heterocycles. The summed E-state index contributed by atoms with van der Waals surface area (Å²) < 4.78 is 1.12. The van der Waals surface area contributed by atoms with Gasteiger partial charge in [0.15, 0.2) is 5.75 Å². The lowest BCUT2D eigenvalue weighted by Crippen LogP contribution is -1.78. The van der Waals surface area contributed by atoms with E-state index in [-0.39, 0.29) is 15.8 Å². The number of aryl methyl sites for hydroxylation is 1. The Morgan fingerprint density at radius 1 is 1.11 bits per heavy atom. The second kappa shape index (κ2) is 4.67. The van der Waals surface area contributed by atoms with Crippen LogP contribution in [0, 0.1) is 6.92 Å². The molecule has 2 aromatic carbocycles. The van der Waals surface area contributed by atoms with Crippen LogP contribution in [-0.4, -0.2) is 10.1 Å². The minimum absolute atomic E-state index is 0.0935. The highest BCUT2D eigenvalue weighted by Gasteiger charge is 2.11. The number of hydrogen-bond acceptors (Lipinski definition) is 3. The van der Waals surface area contributed by atoms with E-state index in [0.29, 0.717) is 0 Å². The van der Waals surface area contributed by atoms with Crippen LogP contribution < -0.4 is 0 Å². The van der Waals surface area contributed by atoms with Gasteiger partial charge in [-0.3, -0.25) is 0 Å². The largest absolute Gasteiger partial charge is 0.505 e. The number of aromatic hydroxyl groups is 1. The monoisotopic (exact) mass is 309 g/mol. The summed E-state index contributed by atoms with van der Waals surface area (Å²) in [7, 11) is 0. The molecule has 19 heavy (non-hydrogen) atoms. The molecular formula is C14H9Cl2NOS. The van der Waals surface area contributed by atoms with Crippen LogP contribution in [0.15, 0.2) is 30.3 Å². The van der Waals surface area contributed by atoms with Gasteiger partial charge < -0.3 is 5.11 Å². The van der Waals surface area contributed by atoms with Crippen LogP contribution in [0.25, 0.3) is 20.8 Å². The number of phenols is 1. The molecule has 1 N–H and O–H groups in total. The fourth-order valence-corrected chi connectivity index (χ4v) is 3.38. The second-order valence-electron chi connectivity index (χ2n) is 4.28. The summed E-state index contributed by atoms with van der Waals surface area (Å²) in [5.74, 6) is -0.0935. The summed E-state index contributed by atoms with van der Waals surface area (Å²) >= 11 is 13.4. The van der Waals surface area contributed by atoms with Crippen LogP contribution >= 0.6 is 34.5 Å². The lowest BCUT2D eigenvalue weighted by molar-refractivity contribution is 0.476. The summed E-state index contributed by atoms with van der Waals surface area (Å²) in [4.78, 5) is 4.56. The van der Waals surface area contributed by atoms with E-state index in [4.69, 9.17) is 23.2 Å². The van der Waals surface area contributed by atoms with Crippen molar-refractivity contribution in [3.8, 4) is 16.3 Å². The molecule has 0 fully saturated rings. The zero-order valence-corrected chi connectivity index (χ0v) is 12.3. The van der Waals surface area contributed by atoms with Gasteiger partial charge in [0.2, 0.25) is 0 Å². The van der Waals surface area contributed by atoms with Gasteiger partial charge in [0, 0.05) is 5.56 Å². The lowest BCUT2D eigenvalue weighted by atomic mass is 10.2. The van der Waals surface area contributed by atoms with Gasteiger partial charge in [0.05, 0.1) is 20.3 Å². The molecule has 0 spiro atoms. The average molecular weight is 310 g/mol. The Morgan fingerprint density at radius 2 is 1.79 bits per heavy atom. The summed E-state index contributed by atoms with van der Waals surface area (Å²) in [5, 5.41) is 10.9. The summed E-state index contributed by atoms with van der Waals surface area (Å²) in [6.07, 6.45) is 0. The predicted molar refractivity (Wildman–Crippen MR) is 81.5 cm³/mol. The van der Waals surface area contributed by atoms with Crippen molar-refractivity contribution in [3.63, 3.8) is 0 Å². The first-order valence-electron chi connectivity index (χ1n) is 5.60. The number of rotatable bonds is 1. The number of phenolic OH excluding ortho intramolecular Hbond substituents is 1. The van der Waals surface area contributed by atoms with E-state index in [1.165, 1.54) is 5.56 Å². The molecule has 0 aliphatic rings. The molecule has 0 radical (unpaired) electrons. The number of benzene rings is 2. The smallest absolute Gasteiger partial charge is 0.152 e. The first kappa shape index (κ1) is 12.7. The molecule has 0 amide bonds. The SMILES string of the molecule is Cc1ccc2nc(-c3cc(Cl)c(O)c(Cl)c3)sc2c1. The Labute approximate surface area is 124 Å². The number of hydrogen-bond donors (Lipinski definition) is 1. The Hall–Kier alpha value is -1.29. The van der Waals surface area contributed by atoms with E-state index >= 15 is 0 Å². The number of aromatic nitrogens is 1. The van der Waals surface area contributed by atoms with Crippen molar-refractivity contribution in [1.29, 1.82) is 0 Å². The standard InChI is InChI=1S/C14H9Cl2NOS/c1-7-2-3-11-12(4-7)19-14(17-11)8-5-9(15)13(18)10(16)6-8/h2-6,18H,1H3. The van der Waals surface area contributed by atoms with Crippen LogP contribution in [0.2, 0.25) is 10.0 Å². The maximum Gasteiger partial charge on any atom is 0.152 e. The third-order valence-electron chi connectivity index (χ3n) is 2.81. The molecule has 0 saturated carbocycles. The van der Waals surface area contributed by atoms with Gasteiger partial charge in [0.25, 0.3) is 0 Å². The van der Waals surface area contributed by atoms with Crippen molar-refractivity contribution < 1.29 is 5.11 Å². The molecular weight excluding hydrogens is 301 g/mol. The van der Waals surface area contributed by atoms with Crippen LogP contribution in [0.4, 0.5) is 0 Å². The average Bonchev–Trinajstić information content (AvgIpc) is 2.78. The highest BCUT2D eigenvalue weighted by molar-refractivity contribution is 7.21. The zero-order chi connectivity index (χ0) is 13.6. The van der Waals surface area contributed by atoms with Gasteiger partial charge in [-0.2, -0.15) is 0 Å². The quantitative estimate of drug-likeness (QED) is 0.663. The third-order valence-corrected chi connectivity index (χ3v) is 4.45. The van der Waals surface area contributed by atoms with Crippen molar-refractivity contribution in [2.75, 3.05) is 0 Å². The Kier molecular flexibility index (Phi) is 3.13. The number of thiazole rings is 1. The molecule has 0 aliphatic carbocycles. The predicted octanol–water partition coefficient (Wildman–Crippen LogP) is 5.28. The minimum Gasteiger partial charge on any atom is -0.505 e. The van der Waals surface area contributed by atoms with Crippen LogP contribution in [0.3, 0.4) is 0 Å². The van der Waals surface area contributed by atoms with E-state index in [2.05, 4.69) is 11.1 Å². The third kappa shape index (κ3) is 2.29. The zero-order valence-electron chi connectivity index (χ0n) is 9.95. The Morgan fingerprint density at radius 3 is 2.47 bits per heavy atom. The van der Waals surface area contributed by atoms with E-state index in [9.17, 15) is 5.11 Å². The van der Waals surface area contributed by atoms with Gasteiger partial charge in [-0.25, -0.2) is 4.98 Å². The van der Waals surface area contributed by atoms with Crippen LogP contribution in [-0.2, 0) is 0 Å². The normalized spacial score (nSPS) is 11.1. The number of halogens is 2. The van der Waals surface area contributed by atoms with E-state index in [1.807, 2.05) is 19.1 Å². The highest BCUT2D eigenvalue weighted by atomic mass is 35.5. The molecule has 0 atom stereocenters. The molecule has 1 heterocycles. The van der Waals surface area contributed by atoms with Gasteiger partial charge in [-0.1, -0.05) is 29.3 Å². The molecule has 3 rings (SSSR count). The van der Waals surface area contributed by atoms with E-state index in [0.717, 1.165) is 20.8 Å². The maximum absolute atomic E-state index is 9.57. The molecule has 1 aromatic heterocycles. The van der Waals surface area contributed by atoms with Crippen molar-refractivity contribution in [1.82, 2.24) is 4.98 Å². The van der Waals surface area contributed by atoms with E-state index < -0.39 is 0 Å². The van der Waals surface area contributed by atoms with Gasteiger partial charge in [-0.15, -0.1) is 11.3 Å². The first-order chi connectivity index (χ1) is 9.04.